The second kappa shape index (κ2) is 4.56. The van der Waals surface area contributed by atoms with Crippen LogP contribution in [0.1, 0.15) is 0 Å². The van der Waals surface area contributed by atoms with E-state index in [1.165, 1.54) is 0 Å². The van der Waals surface area contributed by atoms with Crippen LogP contribution in [0.25, 0.3) is 0 Å². The molecule has 0 aliphatic rings. The van der Waals surface area contributed by atoms with Crippen molar-refractivity contribution in [2.75, 3.05) is 0 Å². The number of hydrogen-bond donors (Lipinski definition) is 3. The van der Waals surface area contributed by atoms with Crippen molar-refractivity contribution >= 4 is 30.8 Å². The Hall–Kier alpha value is 0.564. The molecule has 0 fully saturated rings. The molecule has 0 aliphatic carbocycles. The fraction of sp³-hybridized carbons (Fsp3) is 0.800. The molecule has 0 saturated carbocycles. The third-order valence-corrected chi connectivity index (χ3v) is 2.62. The molecule has 4 N–H and O–H groups in total. The van der Waals surface area contributed by atoms with Gasteiger partial charge in [-0.15, -0.1) is 24.8 Å². The van der Waals surface area contributed by atoms with E-state index in [1.54, 1.807) is 0 Å². The van der Waals surface area contributed by atoms with Crippen LogP contribution in [0, 0.1) is 5.41 Å². The predicted molar refractivity (Wildman–Crippen MR) is 53.0 cm³/mol. The minimum atomic E-state index is -2.38. The van der Waals surface area contributed by atoms with Gasteiger partial charge in [-0.25, -0.2) is 0 Å². The van der Waals surface area contributed by atoms with Crippen molar-refractivity contribution in [3.8, 4) is 0 Å². The number of halogens is 2. The molecule has 0 aliphatic heterocycles. The van der Waals surface area contributed by atoms with Gasteiger partial charge < -0.3 is 0 Å². The molecular formula is C5H18Cl2N3Ti. The first kappa shape index (κ1) is 17.6. The SMILES string of the molecule is Cl.Cl.[CH3][Ti]([CH3])([CH3])([CH3])[NH]C(=N)N. The number of nitrogens with two attached hydrogens (primary N) is 1. The van der Waals surface area contributed by atoms with Crippen LogP contribution in [-0.4, -0.2) is 5.96 Å². The predicted octanol–water partition coefficient (Wildman–Crippen LogP) is 2.11. The average Bonchev–Trinajstić information content (AvgIpc) is 1.16. The number of hydrogen-bond acceptors (Lipinski definition) is 1. The van der Waals surface area contributed by atoms with Crippen LogP contribution in [0.5, 0.6) is 0 Å². The van der Waals surface area contributed by atoms with Crippen LogP contribution in [0.3, 0.4) is 0 Å². The van der Waals surface area contributed by atoms with E-state index in [4.69, 9.17) is 11.1 Å². The van der Waals surface area contributed by atoms with Gasteiger partial charge in [-0.2, -0.15) is 0 Å². The molecule has 0 spiro atoms. The molecule has 0 rings (SSSR count). The summed E-state index contributed by atoms with van der Waals surface area (Å²) in [6.45, 7) is 0. The van der Waals surface area contributed by atoms with E-state index in [1.807, 2.05) is 0 Å². The zero-order valence-electron chi connectivity index (χ0n) is 7.39. The Bertz CT molecular complexity index is 131. The van der Waals surface area contributed by atoms with Crippen LogP contribution < -0.4 is 9.53 Å². The van der Waals surface area contributed by atoms with E-state index in [0.717, 1.165) is 0 Å². The zero-order valence-corrected chi connectivity index (χ0v) is 10.6. The van der Waals surface area contributed by atoms with Crippen molar-refractivity contribution in [3.05, 3.63) is 0 Å². The van der Waals surface area contributed by atoms with E-state index < -0.39 is 15.6 Å². The van der Waals surface area contributed by atoms with Gasteiger partial charge in [0, 0.05) is 0 Å². The molecule has 0 bridgehead atoms. The van der Waals surface area contributed by atoms with Crippen molar-refractivity contribution in [1.29, 1.82) is 5.41 Å². The number of rotatable bonds is 1. The summed E-state index contributed by atoms with van der Waals surface area (Å²) in [6.07, 6.45) is 0. The Morgan fingerprint density at radius 3 is 1.45 bits per heavy atom. The van der Waals surface area contributed by atoms with Crippen molar-refractivity contribution < 1.29 is 15.6 Å². The summed E-state index contributed by atoms with van der Waals surface area (Å²) < 4.78 is 3.01. The van der Waals surface area contributed by atoms with Crippen molar-refractivity contribution in [2.24, 2.45) is 5.73 Å². The van der Waals surface area contributed by atoms with Gasteiger partial charge in [0.05, 0.1) is 0 Å². The summed E-state index contributed by atoms with van der Waals surface area (Å²) in [5.41, 5.74) is 5.18. The third-order valence-electron chi connectivity index (χ3n) is 0.635. The maximum atomic E-state index is 6.99. The molecule has 0 amide bonds. The Morgan fingerprint density at radius 1 is 1.18 bits per heavy atom. The van der Waals surface area contributed by atoms with Gasteiger partial charge in [0.25, 0.3) is 0 Å². The normalized spacial score (nSPS) is 12.9. The summed E-state index contributed by atoms with van der Waals surface area (Å²) in [7, 11) is 0. The van der Waals surface area contributed by atoms with E-state index in [0.29, 0.717) is 0 Å². The maximum absolute atomic E-state index is 6.99. The number of nitrogens with one attached hydrogen (secondary N) is 2. The molecule has 0 atom stereocenters. The molecule has 0 radical (unpaired) electrons. The van der Waals surface area contributed by atoms with Crippen LogP contribution in [0.15, 0.2) is 0 Å². The van der Waals surface area contributed by atoms with Crippen molar-refractivity contribution in [1.82, 2.24) is 3.80 Å². The zero-order chi connectivity index (χ0) is 7.73. The fourth-order valence-corrected chi connectivity index (χ4v) is 2.22. The molecule has 0 heterocycles. The van der Waals surface area contributed by atoms with E-state index in [2.05, 4.69) is 24.7 Å². The standard InChI is InChI=1S/CH4N3.4CH3.2ClH.Ti/c2-1(3)4;;;;;;;/h(H4-,2,3,4);4*1H3;2*1H;/q-1;;;;;;;+1. The average molecular weight is 239 g/mol. The van der Waals surface area contributed by atoms with Gasteiger partial charge in [0.1, 0.15) is 0 Å². The molecule has 6 heteroatoms. The van der Waals surface area contributed by atoms with Gasteiger partial charge in [-0.3, -0.25) is 0 Å². The van der Waals surface area contributed by atoms with E-state index in [-0.39, 0.29) is 30.8 Å². The van der Waals surface area contributed by atoms with Crippen LogP contribution >= 0.6 is 24.8 Å². The van der Waals surface area contributed by atoms with Gasteiger partial charge >= 0.3 is 57.4 Å². The number of guanidine groups is 1. The molecule has 0 aromatic rings. The molecule has 0 unspecified atom stereocenters. The van der Waals surface area contributed by atoms with Crippen LogP contribution in [0.2, 0.25) is 20.9 Å². The molecule has 11 heavy (non-hydrogen) atoms. The first-order chi connectivity index (χ1) is 3.67. The summed E-state index contributed by atoms with van der Waals surface area (Å²) in [5, 5.41) is 15.7. The molecule has 3 nitrogen and oxygen atoms in total. The molecule has 0 aromatic heterocycles. The molecule has 0 aromatic carbocycles. The van der Waals surface area contributed by atoms with Gasteiger partial charge in [0.15, 0.2) is 0 Å². The van der Waals surface area contributed by atoms with Crippen molar-refractivity contribution in [3.63, 3.8) is 0 Å². The molecule has 0 saturated heterocycles. The summed E-state index contributed by atoms with van der Waals surface area (Å²) in [6, 6.07) is 0. The third kappa shape index (κ3) is 18.0. The monoisotopic (exact) mass is 238 g/mol. The summed E-state index contributed by atoms with van der Waals surface area (Å²) in [4.78, 5) is 0. The first-order valence-corrected chi connectivity index (χ1v) is 10.1. The van der Waals surface area contributed by atoms with E-state index >= 15 is 0 Å². The minimum absolute atomic E-state index is 0. The van der Waals surface area contributed by atoms with Crippen molar-refractivity contribution in [2.45, 2.75) is 20.9 Å². The first-order valence-electron chi connectivity index (χ1n) is 3.04. The Balaban J connectivity index is -0.000000320. The summed E-state index contributed by atoms with van der Waals surface area (Å²) in [5.74, 6) is 0.0991. The van der Waals surface area contributed by atoms with Gasteiger partial charge in [-0.1, -0.05) is 0 Å². The Labute approximate surface area is 82.0 Å². The Morgan fingerprint density at radius 2 is 1.45 bits per heavy atom. The second-order valence-electron chi connectivity index (χ2n) is 4.54. The van der Waals surface area contributed by atoms with E-state index in [9.17, 15) is 0 Å². The van der Waals surface area contributed by atoms with Crippen LogP contribution in [0.4, 0.5) is 0 Å². The van der Waals surface area contributed by atoms with Crippen LogP contribution in [-0.2, 0) is 15.6 Å². The second-order valence-corrected chi connectivity index (χ2v) is 17.4. The topological polar surface area (TPSA) is 61.9 Å². The Kier molecular flexibility index (Phi) is 7.29. The van der Waals surface area contributed by atoms with Gasteiger partial charge in [-0.05, 0) is 0 Å². The fourth-order valence-electron chi connectivity index (χ4n) is 0.539. The quantitative estimate of drug-likeness (QED) is 0.372. The molecular weight excluding hydrogens is 221 g/mol. The van der Waals surface area contributed by atoms with Gasteiger partial charge in [0.2, 0.25) is 0 Å². The molecule has 71 valence electrons. The summed E-state index contributed by atoms with van der Waals surface area (Å²) >= 11 is -2.38.